The maximum Gasteiger partial charge on any atom is 0.240 e. The van der Waals surface area contributed by atoms with E-state index in [1.54, 1.807) is 12.1 Å². The number of sulfonamides is 1. The molecule has 0 heterocycles. The van der Waals surface area contributed by atoms with Gasteiger partial charge in [-0.25, -0.2) is 13.1 Å². The average molecular weight is 297 g/mol. The van der Waals surface area contributed by atoms with E-state index in [2.05, 4.69) is 16.6 Å². The highest BCUT2D eigenvalue weighted by Crippen LogP contribution is 2.10. The summed E-state index contributed by atoms with van der Waals surface area (Å²) in [5, 5.41) is 8.63. The van der Waals surface area contributed by atoms with Crippen LogP contribution in [0.15, 0.2) is 29.2 Å². The van der Waals surface area contributed by atoms with Crippen molar-refractivity contribution in [3.63, 3.8) is 0 Å². The molecule has 0 aromatic heterocycles. The average Bonchev–Trinajstić information content (AvgIpc) is 2.45. The molecule has 2 N–H and O–H groups in total. The highest BCUT2D eigenvalue weighted by Gasteiger charge is 2.13. The lowest BCUT2D eigenvalue weighted by Crippen LogP contribution is -2.25. The van der Waals surface area contributed by atoms with Crippen LogP contribution in [-0.2, 0) is 14.8 Å². The lowest BCUT2D eigenvalue weighted by molar-refractivity contribution is 0.146. The van der Waals surface area contributed by atoms with Crippen molar-refractivity contribution in [1.82, 2.24) is 4.72 Å². The topological polar surface area (TPSA) is 75.6 Å². The molecule has 20 heavy (non-hydrogen) atoms. The van der Waals surface area contributed by atoms with E-state index in [4.69, 9.17) is 9.84 Å². The lowest BCUT2D eigenvalue weighted by atomic mass is 10.2. The van der Waals surface area contributed by atoms with E-state index in [1.165, 1.54) is 12.1 Å². The van der Waals surface area contributed by atoms with Crippen LogP contribution in [0.25, 0.3) is 0 Å². The first-order chi connectivity index (χ1) is 9.60. The number of ether oxygens (including phenoxy) is 1. The monoisotopic (exact) mass is 297 g/mol. The molecular formula is C14H19NO4S. The van der Waals surface area contributed by atoms with Gasteiger partial charge in [0.25, 0.3) is 0 Å². The van der Waals surface area contributed by atoms with Crippen LogP contribution in [0, 0.1) is 11.8 Å². The van der Waals surface area contributed by atoms with Crippen LogP contribution >= 0.6 is 0 Å². The van der Waals surface area contributed by atoms with Crippen LogP contribution in [0.2, 0.25) is 0 Å². The summed E-state index contributed by atoms with van der Waals surface area (Å²) in [5.41, 5.74) is 0.552. The molecule has 0 amide bonds. The normalized spacial score (nSPS) is 10.9. The van der Waals surface area contributed by atoms with Crippen LogP contribution < -0.4 is 4.72 Å². The molecule has 110 valence electrons. The van der Waals surface area contributed by atoms with Gasteiger partial charge in [-0.05, 0) is 31.5 Å². The fourth-order valence-corrected chi connectivity index (χ4v) is 2.61. The molecule has 0 spiro atoms. The van der Waals surface area contributed by atoms with Crippen LogP contribution in [0.1, 0.15) is 18.9 Å². The zero-order valence-electron chi connectivity index (χ0n) is 11.4. The van der Waals surface area contributed by atoms with Gasteiger partial charge in [-0.3, -0.25) is 0 Å². The maximum atomic E-state index is 12.0. The summed E-state index contributed by atoms with van der Waals surface area (Å²) in [6.07, 6.45) is 0.622. The second kappa shape index (κ2) is 8.72. The number of aliphatic hydroxyl groups is 1. The molecule has 1 rings (SSSR count). The summed E-state index contributed by atoms with van der Waals surface area (Å²) >= 11 is 0. The molecule has 0 bridgehead atoms. The van der Waals surface area contributed by atoms with Crippen molar-refractivity contribution in [3.8, 4) is 11.8 Å². The van der Waals surface area contributed by atoms with E-state index >= 15 is 0 Å². The Morgan fingerprint density at radius 2 is 2.20 bits per heavy atom. The number of aliphatic hydroxyl groups excluding tert-OH is 1. The van der Waals surface area contributed by atoms with E-state index in [0.717, 1.165) is 0 Å². The Labute approximate surface area is 120 Å². The minimum Gasteiger partial charge on any atom is -0.384 e. The zero-order chi connectivity index (χ0) is 14.8. The van der Waals surface area contributed by atoms with Crippen LogP contribution in [0.4, 0.5) is 0 Å². The van der Waals surface area contributed by atoms with Gasteiger partial charge in [-0.1, -0.05) is 17.9 Å². The third-order valence-corrected chi connectivity index (χ3v) is 3.88. The Balaban J connectivity index is 2.67. The second-order valence-corrected chi connectivity index (χ2v) is 5.70. The molecule has 0 fully saturated rings. The molecule has 0 aliphatic rings. The van der Waals surface area contributed by atoms with Crippen molar-refractivity contribution in [2.75, 3.05) is 26.4 Å². The molecule has 6 heteroatoms. The molecule has 1 aromatic carbocycles. The second-order valence-electron chi connectivity index (χ2n) is 3.94. The van der Waals surface area contributed by atoms with Gasteiger partial charge in [0.05, 0.1) is 4.90 Å². The largest absolute Gasteiger partial charge is 0.384 e. The number of hydrogen-bond donors (Lipinski definition) is 2. The maximum absolute atomic E-state index is 12.0. The molecule has 0 aliphatic carbocycles. The molecule has 0 radical (unpaired) electrons. The van der Waals surface area contributed by atoms with E-state index in [0.29, 0.717) is 31.7 Å². The Bertz CT molecular complexity index is 572. The van der Waals surface area contributed by atoms with Crippen molar-refractivity contribution in [3.05, 3.63) is 29.8 Å². The van der Waals surface area contributed by atoms with Gasteiger partial charge in [0.15, 0.2) is 0 Å². The minimum atomic E-state index is -3.53. The highest BCUT2D eigenvalue weighted by molar-refractivity contribution is 7.89. The number of hydrogen-bond acceptors (Lipinski definition) is 4. The van der Waals surface area contributed by atoms with Crippen LogP contribution in [0.3, 0.4) is 0 Å². The Hall–Kier alpha value is -1.39. The molecule has 0 saturated heterocycles. The van der Waals surface area contributed by atoms with E-state index in [9.17, 15) is 8.42 Å². The zero-order valence-corrected chi connectivity index (χ0v) is 12.2. The summed E-state index contributed by atoms with van der Waals surface area (Å²) in [5.74, 6) is 5.16. The van der Waals surface area contributed by atoms with E-state index < -0.39 is 10.0 Å². The van der Waals surface area contributed by atoms with E-state index in [-0.39, 0.29) is 11.5 Å². The van der Waals surface area contributed by atoms with Crippen molar-refractivity contribution in [1.29, 1.82) is 0 Å². The Morgan fingerprint density at radius 1 is 1.40 bits per heavy atom. The molecule has 0 aliphatic heterocycles. The lowest BCUT2D eigenvalue weighted by Gasteiger charge is -2.07. The van der Waals surface area contributed by atoms with Crippen LogP contribution in [-0.4, -0.2) is 39.9 Å². The quantitative estimate of drug-likeness (QED) is 0.575. The minimum absolute atomic E-state index is 0.165. The molecule has 0 saturated carbocycles. The SMILES string of the molecule is CCOCCCNS(=O)(=O)c1cccc(C#CCO)c1. The van der Waals surface area contributed by atoms with Gasteiger partial charge in [-0.15, -0.1) is 0 Å². The summed E-state index contributed by atoms with van der Waals surface area (Å²) < 4.78 is 31.7. The van der Waals surface area contributed by atoms with Gasteiger partial charge < -0.3 is 9.84 Å². The van der Waals surface area contributed by atoms with Crippen molar-refractivity contribution in [2.24, 2.45) is 0 Å². The van der Waals surface area contributed by atoms with Gasteiger partial charge in [0, 0.05) is 25.3 Å². The van der Waals surface area contributed by atoms with Crippen molar-refractivity contribution in [2.45, 2.75) is 18.2 Å². The predicted molar refractivity (Wildman–Crippen MR) is 76.7 cm³/mol. The predicted octanol–water partition coefficient (Wildman–Crippen LogP) is 0.735. The third kappa shape index (κ3) is 5.72. The number of nitrogens with one attached hydrogen (secondary N) is 1. The first-order valence-corrected chi connectivity index (χ1v) is 7.85. The summed E-state index contributed by atoms with van der Waals surface area (Å²) in [7, 11) is -3.53. The van der Waals surface area contributed by atoms with Crippen molar-refractivity contribution >= 4 is 10.0 Å². The first kappa shape index (κ1) is 16.7. The summed E-state index contributed by atoms with van der Waals surface area (Å²) in [6.45, 7) is 3.12. The summed E-state index contributed by atoms with van der Waals surface area (Å²) in [6, 6.07) is 6.30. The Kier molecular flexibility index (Phi) is 7.26. The van der Waals surface area contributed by atoms with Gasteiger partial charge in [-0.2, -0.15) is 0 Å². The number of benzene rings is 1. The third-order valence-electron chi connectivity index (χ3n) is 2.42. The van der Waals surface area contributed by atoms with Crippen molar-refractivity contribution < 1.29 is 18.3 Å². The summed E-state index contributed by atoms with van der Waals surface area (Å²) in [4.78, 5) is 0.165. The van der Waals surface area contributed by atoms with Crippen LogP contribution in [0.5, 0.6) is 0 Å². The fourth-order valence-electron chi connectivity index (χ4n) is 1.49. The number of rotatable bonds is 7. The molecule has 0 unspecified atom stereocenters. The van der Waals surface area contributed by atoms with E-state index in [1.807, 2.05) is 6.92 Å². The first-order valence-electron chi connectivity index (χ1n) is 6.37. The van der Waals surface area contributed by atoms with Gasteiger partial charge in [0.2, 0.25) is 10.0 Å². The smallest absolute Gasteiger partial charge is 0.240 e. The molecule has 5 nitrogen and oxygen atoms in total. The fraction of sp³-hybridized carbons (Fsp3) is 0.429. The standard InChI is InChI=1S/C14H19NO4S/c1-2-19-11-5-9-15-20(17,18)14-8-3-6-13(12-14)7-4-10-16/h3,6,8,12,15-16H,2,5,9-11H2,1H3. The Morgan fingerprint density at radius 3 is 2.90 bits per heavy atom. The highest BCUT2D eigenvalue weighted by atomic mass is 32.2. The molecular weight excluding hydrogens is 278 g/mol. The molecule has 1 aromatic rings. The molecule has 0 atom stereocenters. The van der Waals surface area contributed by atoms with Gasteiger partial charge in [0.1, 0.15) is 6.61 Å². The van der Waals surface area contributed by atoms with Gasteiger partial charge >= 0.3 is 0 Å².